The van der Waals surface area contributed by atoms with E-state index in [1.54, 1.807) is 42.9 Å². The number of thiophene rings is 1. The second-order valence-corrected chi connectivity index (χ2v) is 12.1. The third-order valence-corrected chi connectivity index (χ3v) is 9.11. The number of nitrogens with one attached hydrogen (secondary N) is 2. The maximum absolute atomic E-state index is 14.2. The van der Waals surface area contributed by atoms with Crippen LogP contribution in [0.1, 0.15) is 29.9 Å². The molecule has 3 aromatic heterocycles. The summed E-state index contributed by atoms with van der Waals surface area (Å²) in [5, 5.41) is 4.24. The van der Waals surface area contributed by atoms with Gasteiger partial charge < -0.3 is 9.47 Å². The molecule has 6 rings (SSSR count). The lowest BCUT2D eigenvalue weighted by Gasteiger charge is -2.14. The first kappa shape index (κ1) is 33.9. The van der Waals surface area contributed by atoms with Crippen LogP contribution in [0, 0.1) is 0 Å². The predicted molar refractivity (Wildman–Crippen MR) is 190 cm³/mol. The molecule has 0 saturated carbocycles. The SMILES string of the molecule is CCOC(=O)CONC(=Cn1c(=O)c2cc(CC)sc2n(Cc2ccc(-c3ccccc3-c3noc(=O)[nH]3)cc2)c1=O)c1ccc(OC)cc1. The van der Waals surface area contributed by atoms with Crippen LogP contribution in [0.2, 0.25) is 0 Å². The zero-order chi connectivity index (χ0) is 35.2. The smallest absolute Gasteiger partial charge is 0.439 e. The lowest BCUT2D eigenvalue weighted by Crippen LogP contribution is -2.37. The lowest BCUT2D eigenvalue weighted by molar-refractivity contribution is -0.150. The molecule has 0 fully saturated rings. The number of nitrogens with zero attached hydrogens (tertiary/aromatic N) is 3. The molecule has 50 heavy (non-hydrogen) atoms. The number of carbonyl (C=O) groups excluding carboxylic acids is 1. The van der Waals surface area contributed by atoms with Crippen molar-refractivity contribution in [2.24, 2.45) is 0 Å². The lowest BCUT2D eigenvalue weighted by atomic mass is 9.98. The van der Waals surface area contributed by atoms with Gasteiger partial charge in [-0.15, -0.1) is 11.3 Å². The molecule has 0 spiro atoms. The van der Waals surface area contributed by atoms with Crippen LogP contribution in [0.25, 0.3) is 44.6 Å². The maximum atomic E-state index is 14.2. The summed E-state index contributed by atoms with van der Waals surface area (Å²) in [6.45, 7) is 3.65. The van der Waals surface area contributed by atoms with Gasteiger partial charge in [-0.1, -0.05) is 60.6 Å². The van der Waals surface area contributed by atoms with E-state index in [1.165, 1.54) is 17.5 Å². The second-order valence-electron chi connectivity index (χ2n) is 11.0. The fraction of sp³-hybridized carbons (Fsp3) is 0.194. The highest BCUT2D eigenvalue weighted by Gasteiger charge is 2.18. The van der Waals surface area contributed by atoms with E-state index in [-0.39, 0.29) is 18.8 Å². The van der Waals surface area contributed by atoms with Crippen molar-refractivity contribution in [1.82, 2.24) is 24.8 Å². The number of ether oxygens (including phenoxy) is 2. The van der Waals surface area contributed by atoms with Gasteiger partial charge in [0.25, 0.3) is 5.56 Å². The number of hydrogen-bond donors (Lipinski definition) is 2. The molecule has 3 aromatic carbocycles. The molecular weight excluding hydrogens is 662 g/mol. The van der Waals surface area contributed by atoms with Crippen LogP contribution in [-0.4, -0.2) is 45.6 Å². The van der Waals surface area contributed by atoms with E-state index < -0.39 is 29.6 Å². The Morgan fingerprint density at radius 1 is 1.00 bits per heavy atom. The number of esters is 1. The number of H-pyrrole nitrogens is 1. The second kappa shape index (κ2) is 15.1. The monoisotopic (exact) mass is 695 g/mol. The fourth-order valence-corrected chi connectivity index (χ4v) is 6.42. The zero-order valence-electron chi connectivity index (χ0n) is 27.4. The van der Waals surface area contributed by atoms with Gasteiger partial charge in [0.1, 0.15) is 10.6 Å². The largest absolute Gasteiger partial charge is 0.497 e. The molecule has 0 aliphatic rings. The van der Waals surface area contributed by atoms with E-state index >= 15 is 0 Å². The molecule has 256 valence electrons. The van der Waals surface area contributed by atoms with Gasteiger partial charge in [-0.3, -0.25) is 29.2 Å². The molecule has 0 saturated heterocycles. The highest BCUT2D eigenvalue weighted by molar-refractivity contribution is 7.18. The van der Waals surface area contributed by atoms with Gasteiger partial charge >= 0.3 is 17.4 Å². The molecule has 14 heteroatoms. The van der Waals surface area contributed by atoms with Gasteiger partial charge in [-0.05, 0) is 60.4 Å². The number of aryl methyl sites for hydroxylation is 1. The quantitative estimate of drug-likeness (QED) is 0.126. The Hall–Kier alpha value is -5.99. The maximum Gasteiger partial charge on any atom is 0.439 e. The van der Waals surface area contributed by atoms with Crippen LogP contribution in [0.15, 0.2) is 97.8 Å². The molecule has 6 aromatic rings. The van der Waals surface area contributed by atoms with E-state index in [9.17, 15) is 19.2 Å². The van der Waals surface area contributed by atoms with E-state index in [0.717, 1.165) is 26.1 Å². The first-order valence-electron chi connectivity index (χ1n) is 15.7. The average Bonchev–Trinajstić information content (AvgIpc) is 3.78. The van der Waals surface area contributed by atoms with Gasteiger partial charge in [0.15, 0.2) is 12.4 Å². The van der Waals surface area contributed by atoms with Crippen molar-refractivity contribution in [3.05, 3.63) is 126 Å². The molecule has 3 heterocycles. The van der Waals surface area contributed by atoms with Crippen molar-refractivity contribution in [2.45, 2.75) is 26.8 Å². The van der Waals surface area contributed by atoms with Gasteiger partial charge in [-0.2, -0.15) is 0 Å². The minimum absolute atomic E-state index is 0.177. The highest BCUT2D eigenvalue weighted by atomic mass is 32.1. The summed E-state index contributed by atoms with van der Waals surface area (Å²) in [5.74, 6) is -0.301. The number of hydroxylamine groups is 1. The third-order valence-electron chi connectivity index (χ3n) is 7.81. The first-order valence-corrected chi connectivity index (χ1v) is 16.5. The Morgan fingerprint density at radius 2 is 1.74 bits per heavy atom. The van der Waals surface area contributed by atoms with Crippen molar-refractivity contribution in [3.8, 4) is 28.3 Å². The van der Waals surface area contributed by atoms with E-state index in [4.69, 9.17) is 18.8 Å². The number of aromatic amines is 1. The minimum Gasteiger partial charge on any atom is -0.497 e. The summed E-state index contributed by atoms with van der Waals surface area (Å²) in [7, 11) is 1.55. The van der Waals surface area contributed by atoms with E-state index in [0.29, 0.717) is 39.3 Å². The number of benzene rings is 3. The summed E-state index contributed by atoms with van der Waals surface area (Å²) in [6, 6.07) is 23.8. The zero-order valence-corrected chi connectivity index (χ0v) is 28.2. The fourth-order valence-electron chi connectivity index (χ4n) is 5.34. The topological polar surface area (TPSA) is 160 Å². The summed E-state index contributed by atoms with van der Waals surface area (Å²) in [5.41, 5.74) is 5.70. The predicted octanol–water partition coefficient (Wildman–Crippen LogP) is 4.89. The van der Waals surface area contributed by atoms with Gasteiger partial charge in [0.2, 0.25) is 0 Å². The van der Waals surface area contributed by atoms with Crippen molar-refractivity contribution in [3.63, 3.8) is 0 Å². The number of hydrogen-bond acceptors (Lipinski definition) is 11. The van der Waals surface area contributed by atoms with Crippen molar-refractivity contribution < 1.29 is 23.6 Å². The van der Waals surface area contributed by atoms with Crippen LogP contribution < -0.4 is 27.2 Å². The Labute approximate surface area is 288 Å². The third kappa shape index (κ3) is 7.21. The normalized spacial score (nSPS) is 11.5. The molecule has 0 aliphatic heterocycles. The van der Waals surface area contributed by atoms with Gasteiger partial charge in [-0.25, -0.2) is 19.0 Å². The van der Waals surface area contributed by atoms with Gasteiger partial charge in [0.05, 0.1) is 31.3 Å². The number of methoxy groups -OCH3 is 1. The van der Waals surface area contributed by atoms with E-state index in [2.05, 4.69) is 15.6 Å². The molecule has 0 atom stereocenters. The molecule has 13 nitrogen and oxygen atoms in total. The molecule has 0 amide bonds. The number of rotatable bonds is 13. The van der Waals surface area contributed by atoms with Crippen LogP contribution >= 0.6 is 11.3 Å². The van der Waals surface area contributed by atoms with E-state index in [1.807, 2.05) is 61.5 Å². The molecular formula is C36H33N5O8S. The van der Waals surface area contributed by atoms with Crippen LogP contribution in [-0.2, 0) is 27.3 Å². The Morgan fingerprint density at radius 3 is 2.40 bits per heavy atom. The Kier molecular flexibility index (Phi) is 10.2. The Balaban J connectivity index is 1.40. The molecule has 0 radical (unpaired) electrons. The molecule has 0 unspecified atom stereocenters. The number of fused-ring (bicyclic) bond motifs is 1. The molecule has 2 N–H and O–H groups in total. The number of carbonyl (C=O) groups is 1. The summed E-state index contributed by atoms with van der Waals surface area (Å²) in [4.78, 5) is 61.2. The van der Waals surface area contributed by atoms with Crippen LogP contribution in [0.3, 0.4) is 0 Å². The standard InChI is InChI=1S/C36H33N5O8S/c1-4-26-18-29-33(43)40(20-30(38-48-21-31(42)47-5-2)24-14-16-25(46-3)17-15-24)36(45)41(34(29)50-26)19-22-10-12-23(13-11-22)27-8-6-7-9-28(27)32-37-35(44)49-39-32/h6-18,20,38H,4-5,19,21H2,1-3H3,(H,37,39,44). The minimum atomic E-state index is -0.644. The highest BCUT2D eigenvalue weighted by Crippen LogP contribution is 2.30. The average molecular weight is 696 g/mol. The van der Waals surface area contributed by atoms with Crippen molar-refractivity contribution in [2.75, 3.05) is 20.3 Å². The van der Waals surface area contributed by atoms with Gasteiger partial charge in [0, 0.05) is 22.2 Å². The summed E-state index contributed by atoms with van der Waals surface area (Å²) in [6.07, 6.45) is 2.05. The molecule has 0 bridgehead atoms. The first-order chi connectivity index (χ1) is 24.3. The van der Waals surface area contributed by atoms with Crippen LogP contribution in [0.5, 0.6) is 5.75 Å². The Bertz CT molecular complexity index is 2350. The number of aromatic nitrogens is 4. The summed E-state index contributed by atoms with van der Waals surface area (Å²) >= 11 is 1.40. The van der Waals surface area contributed by atoms with Crippen molar-refractivity contribution >= 4 is 39.4 Å². The van der Waals surface area contributed by atoms with Crippen molar-refractivity contribution in [1.29, 1.82) is 0 Å². The summed E-state index contributed by atoms with van der Waals surface area (Å²) < 4.78 is 17.5. The van der Waals surface area contributed by atoms with Crippen LogP contribution in [0.4, 0.5) is 0 Å². The molecule has 0 aliphatic carbocycles.